The molecule has 1 heterocycles. The van der Waals surface area contributed by atoms with Crippen molar-refractivity contribution in [2.45, 2.75) is 25.9 Å². The first-order chi connectivity index (χ1) is 11.1. The Balaban J connectivity index is 1.95. The van der Waals surface area contributed by atoms with Gasteiger partial charge in [-0.2, -0.15) is 4.80 Å². The summed E-state index contributed by atoms with van der Waals surface area (Å²) in [6, 6.07) is 6.71. The SMILES string of the molecule is C/C=C/CC(CO)NC(=O)Cn1nnc(-c2ccc(Cl)cc2)n1. The number of nitrogens with zero attached hydrogens (tertiary/aromatic N) is 4. The normalized spacial score (nSPS) is 12.5. The Hall–Kier alpha value is -2.25. The van der Waals surface area contributed by atoms with Gasteiger partial charge in [-0.1, -0.05) is 23.8 Å². The lowest BCUT2D eigenvalue weighted by molar-refractivity contribution is -0.123. The van der Waals surface area contributed by atoms with Gasteiger partial charge in [0.05, 0.1) is 12.6 Å². The largest absolute Gasteiger partial charge is 0.394 e. The first-order valence-electron chi connectivity index (χ1n) is 7.17. The van der Waals surface area contributed by atoms with Crippen molar-refractivity contribution in [3.63, 3.8) is 0 Å². The molecular formula is C15H18ClN5O2. The number of hydrogen-bond acceptors (Lipinski definition) is 5. The standard InChI is InChI=1S/C15H18ClN5O2/c1-2-3-4-13(10-22)17-14(23)9-21-19-15(18-20-21)11-5-7-12(16)8-6-11/h2-3,5-8,13,22H,4,9-10H2,1H3,(H,17,23)/b3-2+. The number of carbonyl (C=O) groups is 1. The number of allylic oxidation sites excluding steroid dienone is 1. The fourth-order valence-electron chi connectivity index (χ4n) is 1.91. The van der Waals surface area contributed by atoms with Crippen LogP contribution in [0.3, 0.4) is 0 Å². The predicted molar refractivity (Wildman–Crippen MR) is 86.7 cm³/mol. The van der Waals surface area contributed by atoms with Crippen LogP contribution in [0.2, 0.25) is 5.02 Å². The minimum atomic E-state index is -0.321. The van der Waals surface area contributed by atoms with E-state index < -0.39 is 0 Å². The average Bonchev–Trinajstić information content (AvgIpc) is 3.00. The summed E-state index contributed by atoms with van der Waals surface area (Å²) < 4.78 is 0. The van der Waals surface area contributed by atoms with Crippen LogP contribution in [0.5, 0.6) is 0 Å². The minimum Gasteiger partial charge on any atom is -0.394 e. The maximum Gasteiger partial charge on any atom is 0.243 e. The molecule has 0 aliphatic rings. The van der Waals surface area contributed by atoms with Crippen molar-refractivity contribution in [1.82, 2.24) is 25.5 Å². The van der Waals surface area contributed by atoms with Crippen molar-refractivity contribution in [2.24, 2.45) is 0 Å². The van der Waals surface area contributed by atoms with E-state index in [1.54, 1.807) is 24.3 Å². The molecular weight excluding hydrogens is 318 g/mol. The predicted octanol–water partition coefficient (Wildman–Crippen LogP) is 1.44. The molecule has 2 rings (SSSR count). The summed E-state index contributed by atoms with van der Waals surface area (Å²) in [6.45, 7) is 1.69. The number of aromatic nitrogens is 4. The molecule has 0 saturated carbocycles. The number of nitrogens with one attached hydrogen (secondary N) is 1. The van der Waals surface area contributed by atoms with E-state index in [4.69, 9.17) is 11.6 Å². The zero-order valence-corrected chi connectivity index (χ0v) is 13.4. The molecule has 1 atom stereocenters. The van der Waals surface area contributed by atoms with E-state index in [-0.39, 0.29) is 25.1 Å². The van der Waals surface area contributed by atoms with Gasteiger partial charge in [0.15, 0.2) is 0 Å². The van der Waals surface area contributed by atoms with Gasteiger partial charge in [-0.05, 0) is 42.8 Å². The van der Waals surface area contributed by atoms with Gasteiger partial charge in [-0.25, -0.2) is 0 Å². The molecule has 1 amide bonds. The van der Waals surface area contributed by atoms with Gasteiger partial charge in [0, 0.05) is 10.6 Å². The van der Waals surface area contributed by atoms with Crippen molar-refractivity contribution in [2.75, 3.05) is 6.61 Å². The third kappa shape index (κ3) is 5.15. The highest BCUT2D eigenvalue weighted by molar-refractivity contribution is 6.30. The zero-order chi connectivity index (χ0) is 16.7. The highest BCUT2D eigenvalue weighted by atomic mass is 35.5. The summed E-state index contributed by atoms with van der Waals surface area (Å²) >= 11 is 5.83. The van der Waals surface area contributed by atoms with E-state index in [1.165, 1.54) is 4.80 Å². The number of rotatable bonds is 7. The van der Waals surface area contributed by atoms with Crippen LogP contribution in [0.25, 0.3) is 11.4 Å². The molecule has 2 N–H and O–H groups in total. The monoisotopic (exact) mass is 335 g/mol. The molecule has 0 spiro atoms. The Kier molecular flexibility index (Phi) is 6.25. The lowest BCUT2D eigenvalue weighted by atomic mass is 10.2. The summed E-state index contributed by atoms with van der Waals surface area (Å²) in [5, 5.41) is 24.5. The van der Waals surface area contributed by atoms with E-state index in [0.717, 1.165) is 5.56 Å². The van der Waals surface area contributed by atoms with Crippen LogP contribution in [-0.2, 0) is 11.3 Å². The average molecular weight is 336 g/mol. The summed E-state index contributed by atoms with van der Waals surface area (Å²) in [5.41, 5.74) is 0.766. The Morgan fingerprint density at radius 1 is 1.43 bits per heavy atom. The van der Waals surface area contributed by atoms with Gasteiger partial charge in [-0.3, -0.25) is 4.79 Å². The van der Waals surface area contributed by atoms with Gasteiger partial charge in [0.2, 0.25) is 11.7 Å². The second kappa shape index (κ2) is 8.40. The van der Waals surface area contributed by atoms with E-state index in [9.17, 15) is 9.90 Å². The number of hydrogen-bond donors (Lipinski definition) is 2. The lowest BCUT2D eigenvalue weighted by Gasteiger charge is -2.13. The number of aliphatic hydroxyl groups is 1. The quantitative estimate of drug-likeness (QED) is 0.747. The number of tetrazole rings is 1. The number of amides is 1. The molecule has 0 bridgehead atoms. The Bertz CT molecular complexity index is 669. The molecule has 0 radical (unpaired) electrons. The Morgan fingerprint density at radius 3 is 2.83 bits per heavy atom. The zero-order valence-electron chi connectivity index (χ0n) is 12.7. The highest BCUT2D eigenvalue weighted by Crippen LogP contribution is 2.16. The molecule has 23 heavy (non-hydrogen) atoms. The molecule has 0 fully saturated rings. The van der Waals surface area contributed by atoms with E-state index >= 15 is 0 Å². The van der Waals surface area contributed by atoms with Gasteiger partial charge < -0.3 is 10.4 Å². The first kappa shape index (κ1) is 17.1. The summed E-state index contributed by atoms with van der Waals surface area (Å²) in [4.78, 5) is 13.2. The molecule has 0 aliphatic heterocycles. The molecule has 8 heteroatoms. The molecule has 1 aromatic carbocycles. The van der Waals surface area contributed by atoms with E-state index in [0.29, 0.717) is 17.3 Å². The first-order valence-corrected chi connectivity index (χ1v) is 7.55. The fourth-order valence-corrected chi connectivity index (χ4v) is 2.03. The minimum absolute atomic E-state index is 0.0626. The van der Waals surface area contributed by atoms with Crippen molar-refractivity contribution in [1.29, 1.82) is 0 Å². The van der Waals surface area contributed by atoms with Crippen LogP contribution in [0.4, 0.5) is 0 Å². The molecule has 1 aromatic heterocycles. The molecule has 0 aliphatic carbocycles. The third-order valence-corrected chi connectivity index (χ3v) is 3.33. The van der Waals surface area contributed by atoms with Gasteiger partial charge in [0.25, 0.3) is 0 Å². The molecule has 2 aromatic rings. The fraction of sp³-hybridized carbons (Fsp3) is 0.333. The summed E-state index contributed by atoms with van der Waals surface area (Å²) in [6.07, 6.45) is 4.32. The second-order valence-corrected chi connectivity index (χ2v) is 5.34. The Labute approximate surface area is 139 Å². The number of aliphatic hydroxyl groups excluding tert-OH is 1. The van der Waals surface area contributed by atoms with E-state index in [1.807, 2.05) is 19.1 Å². The van der Waals surface area contributed by atoms with Crippen LogP contribution in [0, 0.1) is 0 Å². The van der Waals surface area contributed by atoms with Crippen molar-refractivity contribution in [3.8, 4) is 11.4 Å². The molecule has 122 valence electrons. The second-order valence-electron chi connectivity index (χ2n) is 4.90. The smallest absolute Gasteiger partial charge is 0.243 e. The van der Waals surface area contributed by atoms with Crippen molar-refractivity contribution < 1.29 is 9.90 Å². The molecule has 0 saturated heterocycles. The van der Waals surface area contributed by atoms with Crippen LogP contribution in [0.1, 0.15) is 13.3 Å². The maximum atomic E-state index is 11.9. The number of carbonyl (C=O) groups excluding carboxylic acids is 1. The van der Waals surface area contributed by atoms with Crippen molar-refractivity contribution in [3.05, 3.63) is 41.4 Å². The van der Waals surface area contributed by atoms with Crippen LogP contribution < -0.4 is 5.32 Å². The third-order valence-electron chi connectivity index (χ3n) is 3.08. The molecule has 1 unspecified atom stereocenters. The number of halogens is 1. The van der Waals surface area contributed by atoms with Crippen LogP contribution in [0.15, 0.2) is 36.4 Å². The number of benzene rings is 1. The van der Waals surface area contributed by atoms with Crippen molar-refractivity contribution >= 4 is 17.5 Å². The van der Waals surface area contributed by atoms with Gasteiger partial charge >= 0.3 is 0 Å². The van der Waals surface area contributed by atoms with Gasteiger partial charge in [0.1, 0.15) is 6.54 Å². The lowest BCUT2D eigenvalue weighted by Crippen LogP contribution is -2.39. The van der Waals surface area contributed by atoms with Crippen LogP contribution >= 0.6 is 11.6 Å². The Morgan fingerprint density at radius 2 is 2.17 bits per heavy atom. The maximum absolute atomic E-state index is 11.9. The summed E-state index contributed by atoms with van der Waals surface area (Å²) in [7, 11) is 0. The molecule has 7 nitrogen and oxygen atoms in total. The van der Waals surface area contributed by atoms with Crippen LogP contribution in [-0.4, -0.2) is 43.9 Å². The highest BCUT2D eigenvalue weighted by Gasteiger charge is 2.13. The van der Waals surface area contributed by atoms with E-state index in [2.05, 4.69) is 20.7 Å². The summed E-state index contributed by atoms with van der Waals surface area (Å²) in [5.74, 6) is 0.135. The topological polar surface area (TPSA) is 92.9 Å². The van der Waals surface area contributed by atoms with Gasteiger partial charge in [-0.15, -0.1) is 10.2 Å².